The number of aromatic nitrogens is 2. The number of hydrogen-bond donors (Lipinski definition) is 1. The molecular weight excluding hydrogens is 318 g/mol. The van der Waals surface area contributed by atoms with E-state index in [1.807, 2.05) is 26.0 Å². The fourth-order valence-corrected chi connectivity index (χ4v) is 4.30. The topological polar surface area (TPSA) is 54.9 Å². The van der Waals surface area contributed by atoms with Gasteiger partial charge in [-0.2, -0.15) is 4.37 Å². The summed E-state index contributed by atoms with van der Waals surface area (Å²) in [5, 5.41) is 3.17. The van der Waals surface area contributed by atoms with Crippen LogP contribution < -0.4 is 5.32 Å². The number of benzene rings is 1. The molecule has 4 rings (SSSR count). The van der Waals surface area contributed by atoms with Crippen LogP contribution >= 0.6 is 11.5 Å². The Labute approximate surface area is 145 Å². The van der Waals surface area contributed by atoms with Crippen LogP contribution in [0.25, 0.3) is 10.2 Å². The molecule has 3 aromatic rings. The van der Waals surface area contributed by atoms with Crippen molar-refractivity contribution in [1.29, 1.82) is 0 Å². The van der Waals surface area contributed by atoms with E-state index in [2.05, 4.69) is 32.9 Å². The van der Waals surface area contributed by atoms with E-state index in [1.54, 1.807) is 0 Å². The van der Waals surface area contributed by atoms with Crippen LogP contribution in [0.2, 0.25) is 0 Å². The van der Waals surface area contributed by atoms with Crippen LogP contribution in [-0.2, 0) is 6.42 Å². The van der Waals surface area contributed by atoms with Gasteiger partial charge in [-0.15, -0.1) is 0 Å². The highest BCUT2D eigenvalue weighted by Crippen LogP contribution is 2.30. The summed E-state index contributed by atoms with van der Waals surface area (Å²) in [4.78, 5) is 17.4. The summed E-state index contributed by atoms with van der Waals surface area (Å²) in [5.74, 6) is -0.125. The lowest BCUT2D eigenvalue weighted by Crippen LogP contribution is -2.31. The number of fused-ring (bicyclic) bond motifs is 2. The van der Waals surface area contributed by atoms with Crippen LogP contribution in [-0.4, -0.2) is 15.3 Å². The molecule has 0 radical (unpaired) electrons. The van der Waals surface area contributed by atoms with E-state index in [9.17, 15) is 4.79 Å². The Morgan fingerprint density at radius 1 is 1.29 bits per heavy atom. The van der Waals surface area contributed by atoms with Crippen molar-refractivity contribution in [2.24, 2.45) is 0 Å². The molecule has 0 fully saturated rings. The van der Waals surface area contributed by atoms with E-state index in [0.717, 1.165) is 40.7 Å². The normalized spacial score (nSPS) is 16.8. The van der Waals surface area contributed by atoms with Crippen LogP contribution in [0.15, 0.2) is 30.3 Å². The fourth-order valence-electron chi connectivity index (χ4n) is 3.51. The molecule has 1 unspecified atom stereocenters. The molecule has 1 aliphatic rings. The number of pyridine rings is 1. The largest absolute Gasteiger partial charge is 0.344 e. The first kappa shape index (κ1) is 15.3. The third kappa shape index (κ3) is 2.59. The molecule has 1 amide bonds. The number of nitrogens with zero attached hydrogens (tertiary/aromatic N) is 2. The maximum Gasteiger partial charge on any atom is 0.273 e. The highest BCUT2D eigenvalue weighted by Gasteiger charge is 2.24. The van der Waals surface area contributed by atoms with Gasteiger partial charge in [0.05, 0.1) is 10.7 Å². The molecule has 1 aliphatic carbocycles. The Bertz CT molecular complexity index is 932. The first-order chi connectivity index (χ1) is 11.6. The van der Waals surface area contributed by atoms with Crippen molar-refractivity contribution >= 4 is 27.7 Å². The summed E-state index contributed by atoms with van der Waals surface area (Å²) in [6, 6.07) is 10.5. The van der Waals surface area contributed by atoms with Gasteiger partial charge in [0.25, 0.3) is 5.91 Å². The minimum Gasteiger partial charge on any atom is -0.344 e. The van der Waals surface area contributed by atoms with Crippen LogP contribution in [0.5, 0.6) is 0 Å². The Balaban J connectivity index is 1.66. The minimum atomic E-state index is -0.125. The molecular formula is C19H19N3OS. The zero-order valence-corrected chi connectivity index (χ0v) is 14.6. The lowest BCUT2D eigenvalue weighted by molar-refractivity contribution is 0.0930. The second-order valence-corrected chi connectivity index (χ2v) is 7.18. The maximum absolute atomic E-state index is 12.8. The maximum atomic E-state index is 12.8. The van der Waals surface area contributed by atoms with E-state index >= 15 is 0 Å². The first-order valence-corrected chi connectivity index (χ1v) is 9.03. The van der Waals surface area contributed by atoms with Crippen molar-refractivity contribution in [3.63, 3.8) is 0 Å². The van der Waals surface area contributed by atoms with E-state index < -0.39 is 0 Å². The van der Waals surface area contributed by atoms with Crippen molar-refractivity contribution < 1.29 is 4.79 Å². The molecule has 0 saturated heterocycles. The van der Waals surface area contributed by atoms with Crippen molar-refractivity contribution in [3.8, 4) is 0 Å². The van der Waals surface area contributed by atoms with Crippen LogP contribution in [0.1, 0.15) is 51.8 Å². The monoisotopic (exact) mass is 337 g/mol. The Morgan fingerprint density at radius 2 is 2.12 bits per heavy atom. The molecule has 0 aliphatic heterocycles. The Morgan fingerprint density at radius 3 is 3.00 bits per heavy atom. The molecule has 122 valence electrons. The zero-order valence-electron chi connectivity index (χ0n) is 13.8. The number of carbonyl (C=O) groups is 1. The molecule has 0 bridgehead atoms. The molecule has 5 heteroatoms. The minimum absolute atomic E-state index is 0.0603. The number of aryl methyl sites for hydroxylation is 3. The summed E-state index contributed by atoms with van der Waals surface area (Å²) in [6.07, 6.45) is 3.15. The highest BCUT2D eigenvalue weighted by atomic mass is 32.1. The second kappa shape index (κ2) is 5.98. The molecule has 1 aromatic carbocycles. The predicted molar refractivity (Wildman–Crippen MR) is 96.5 cm³/mol. The third-order valence-electron chi connectivity index (χ3n) is 4.63. The number of carbonyl (C=O) groups excluding carboxylic acids is 1. The molecule has 4 nitrogen and oxygen atoms in total. The van der Waals surface area contributed by atoms with Crippen molar-refractivity contribution in [1.82, 2.24) is 14.7 Å². The average molecular weight is 337 g/mol. The smallest absolute Gasteiger partial charge is 0.273 e. The molecule has 0 saturated carbocycles. The van der Waals surface area contributed by atoms with Gasteiger partial charge in [0.1, 0.15) is 5.52 Å². The van der Waals surface area contributed by atoms with Gasteiger partial charge in [-0.3, -0.25) is 4.79 Å². The standard InChI is InChI=1S/C19H19N3OS/c1-11-10-12(2)20-16-17(22-24-18(11)16)19(23)21-15-9-5-7-13-6-3-4-8-14(13)15/h3-4,6,8,10,15H,5,7,9H2,1-2H3,(H,21,23). The second-order valence-electron chi connectivity index (χ2n) is 6.41. The quantitative estimate of drug-likeness (QED) is 0.765. The van der Waals surface area contributed by atoms with Gasteiger partial charge in [-0.05, 0) is 67.4 Å². The Hall–Kier alpha value is -2.27. The fraction of sp³-hybridized carbons (Fsp3) is 0.316. The van der Waals surface area contributed by atoms with Crippen LogP contribution in [0.4, 0.5) is 0 Å². The summed E-state index contributed by atoms with van der Waals surface area (Å²) < 4.78 is 5.38. The van der Waals surface area contributed by atoms with Gasteiger partial charge in [-0.1, -0.05) is 24.3 Å². The molecule has 2 aromatic heterocycles. The van der Waals surface area contributed by atoms with Crippen LogP contribution in [0.3, 0.4) is 0 Å². The highest BCUT2D eigenvalue weighted by molar-refractivity contribution is 7.13. The van der Waals surface area contributed by atoms with Gasteiger partial charge in [0, 0.05) is 5.69 Å². The van der Waals surface area contributed by atoms with Crippen molar-refractivity contribution in [3.05, 3.63) is 58.4 Å². The molecule has 0 spiro atoms. The third-order valence-corrected chi connectivity index (χ3v) is 5.60. The Kier molecular flexibility index (Phi) is 3.81. The number of rotatable bonds is 2. The van der Waals surface area contributed by atoms with Crippen molar-refractivity contribution in [2.75, 3.05) is 0 Å². The van der Waals surface area contributed by atoms with Gasteiger partial charge >= 0.3 is 0 Å². The van der Waals surface area contributed by atoms with Gasteiger partial charge in [-0.25, -0.2) is 4.98 Å². The molecule has 1 N–H and O–H groups in total. The molecule has 24 heavy (non-hydrogen) atoms. The summed E-state index contributed by atoms with van der Waals surface area (Å²) in [5.41, 5.74) is 5.78. The van der Waals surface area contributed by atoms with Gasteiger partial charge in [0.2, 0.25) is 0 Å². The van der Waals surface area contributed by atoms with Crippen molar-refractivity contribution in [2.45, 2.75) is 39.2 Å². The van der Waals surface area contributed by atoms with E-state index in [-0.39, 0.29) is 11.9 Å². The average Bonchev–Trinajstić information content (AvgIpc) is 2.99. The van der Waals surface area contributed by atoms with Crippen LogP contribution in [0, 0.1) is 13.8 Å². The number of hydrogen-bond acceptors (Lipinski definition) is 4. The lowest BCUT2D eigenvalue weighted by Gasteiger charge is -2.26. The zero-order chi connectivity index (χ0) is 16.7. The first-order valence-electron chi connectivity index (χ1n) is 8.26. The van der Waals surface area contributed by atoms with Gasteiger partial charge < -0.3 is 5.32 Å². The summed E-state index contributed by atoms with van der Waals surface area (Å²) in [6.45, 7) is 3.98. The van der Waals surface area contributed by atoms with E-state index in [0.29, 0.717) is 5.69 Å². The van der Waals surface area contributed by atoms with E-state index in [4.69, 9.17) is 0 Å². The lowest BCUT2D eigenvalue weighted by atomic mass is 9.87. The molecule has 1 atom stereocenters. The number of amides is 1. The summed E-state index contributed by atoms with van der Waals surface area (Å²) >= 11 is 1.35. The summed E-state index contributed by atoms with van der Waals surface area (Å²) in [7, 11) is 0. The number of nitrogens with one attached hydrogen (secondary N) is 1. The predicted octanol–water partition coefficient (Wildman–Crippen LogP) is 4.12. The molecule has 2 heterocycles. The van der Waals surface area contributed by atoms with E-state index in [1.165, 1.54) is 22.7 Å². The van der Waals surface area contributed by atoms with Gasteiger partial charge in [0.15, 0.2) is 5.69 Å². The SMILES string of the molecule is Cc1cc(C)c2snc(C(=O)NC3CCCc4ccccc43)c2n1.